The molecule has 0 saturated carbocycles. The van der Waals surface area contributed by atoms with Gasteiger partial charge in [-0.3, -0.25) is 14.5 Å². The van der Waals surface area contributed by atoms with E-state index in [1.54, 1.807) is 11.3 Å². The predicted molar refractivity (Wildman–Crippen MR) is 141 cm³/mol. The minimum Gasteiger partial charge on any atom is -0.338 e. The van der Waals surface area contributed by atoms with Crippen LogP contribution in [0.25, 0.3) is 0 Å². The molecule has 182 valence electrons. The van der Waals surface area contributed by atoms with Crippen LogP contribution < -0.4 is 0 Å². The van der Waals surface area contributed by atoms with Crippen molar-refractivity contribution in [3.8, 4) is 0 Å². The molecule has 0 N–H and O–H groups in total. The van der Waals surface area contributed by atoms with Gasteiger partial charge in [-0.25, -0.2) is 0 Å². The largest absolute Gasteiger partial charge is 0.338 e. The van der Waals surface area contributed by atoms with Gasteiger partial charge >= 0.3 is 0 Å². The molecule has 1 saturated heterocycles. The van der Waals surface area contributed by atoms with Crippen molar-refractivity contribution in [1.29, 1.82) is 0 Å². The first kappa shape index (κ1) is 24.0. The Morgan fingerprint density at radius 1 is 0.914 bits per heavy atom. The number of carbonyl (C=O) groups is 2. The van der Waals surface area contributed by atoms with Crippen molar-refractivity contribution in [1.82, 2.24) is 14.7 Å². The number of rotatable bonds is 5. The standard InChI is InChI=1S/C28H30ClN3O2S/c1-2-20-3-5-22(6-4-20)28(34)31-16-14-30(15-17-31)26(33)19-32-13-11-25-24(12-18-35-25)27(32)21-7-9-23(29)10-8-21/h3-10,12,18,27H,2,11,13-17,19H2,1H3/t27-/m1/s1. The molecule has 3 heterocycles. The predicted octanol–water partition coefficient (Wildman–Crippen LogP) is 4.90. The summed E-state index contributed by atoms with van der Waals surface area (Å²) >= 11 is 7.93. The van der Waals surface area contributed by atoms with Gasteiger partial charge in [0.2, 0.25) is 5.91 Å². The monoisotopic (exact) mass is 507 g/mol. The number of piperazine rings is 1. The molecule has 1 fully saturated rings. The second kappa shape index (κ2) is 10.5. The number of nitrogens with zero attached hydrogens (tertiary/aromatic N) is 3. The van der Waals surface area contributed by atoms with Crippen molar-refractivity contribution in [2.24, 2.45) is 0 Å². The summed E-state index contributed by atoms with van der Waals surface area (Å²) in [6.07, 6.45) is 1.92. The van der Waals surface area contributed by atoms with E-state index in [9.17, 15) is 9.59 Å². The van der Waals surface area contributed by atoms with Crippen LogP contribution in [0.4, 0.5) is 0 Å². The molecule has 1 atom stereocenters. The van der Waals surface area contributed by atoms with Gasteiger partial charge in [-0.15, -0.1) is 11.3 Å². The lowest BCUT2D eigenvalue weighted by molar-refractivity contribution is -0.134. The summed E-state index contributed by atoms with van der Waals surface area (Å²) in [6, 6.07) is 18.1. The summed E-state index contributed by atoms with van der Waals surface area (Å²) < 4.78 is 0. The quantitative estimate of drug-likeness (QED) is 0.493. The molecule has 0 radical (unpaired) electrons. The number of fused-ring (bicyclic) bond motifs is 1. The highest BCUT2D eigenvalue weighted by atomic mass is 35.5. The molecule has 0 unspecified atom stereocenters. The molecule has 2 amide bonds. The number of thiophene rings is 1. The Morgan fingerprint density at radius 3 is 2.29 bits per heavy atom. The fraction of sp³-hybridized carbons (Fsp3) is 0.357. The van der Waals surface area contributed by atoms with E-state index in [-0.39, 0.29) is 17.9 Å². The van der Waals surface area contributed by atoms with Crippen molar-refractivity contribution in [3.63, 3.8) is 0 Å². The molecular formula is C28H30ClN3O2S. The lowest BCUT2D eigenvalue weighted by Crippen LogP contribution is -2.53. The van der Waals surface area contributed by atoms with Crippen molar-refractivity contribution in [2.45, 2.75) is 25.8 Å². The van der Waals surface area contributed by atoms with Crippen molar-refractivity contribution in [3.05, 3.63) is 92.1 Å². The summed E-state index contributed by atoms with van der Waals surface area (Å²) in [4.78, 5) is 33.7. The molecule has 0 bridgehead atoms. The Kier molecular flexibility index (Phi) is 7.23. The van der Waals surface area contributed by atoms with E-state index in [0.29, 0.717) is 43.3 Å². The molecule has 2 aliphatic heterocycles. The van der Waals surface area contributed by atoms with Gasteiger partial charge in [-0.2, -0.15) is 0 Å². The molecule has 0 aliphatic carbocycles. The van der Waals surface area contributed by atoms with Crippen molar-refractivity contribution < 1.29 is 9.59 Å². The number of benzene rings is 2. The van der Waals surface area contributed by atoms with Crippen LogP contribution in [-0.2, 0) is 17.6 Å². The second-order valence-electron chi connectivity index (χ2n) is 9.20. The van der Waals surface area contributed by atoms with Crippen LogP contribution in [0.3, 0.4) is 0 Å². The second-order valence-corrected chi connectivity index (χ2v) is 10.6. The third kappa shape index (κ3) is 5.15. The summed E-state index contributed by atoms with van der Waals surface area (Å²) in [6.45, 7) is 5.59. The summed E-state index contributed by atoms with van der Waals surface area (Å²) in [5.74, 6) is 0.172. The molecule has 0 spiro atoms. The zero-order valence-corrected chi connectivity index (χ0v) is 21.5. The van der Waals surface area contributed by atoms with Crippen LogP contribution in [0.1, 0.15) is 44.9 Å². The van der Waals surface area contributed by atoms with E-state index in [4.69, 9.17) is 11.6 Å². The Balaban J connectivity index is 1.23. The lowest BCUT2D eigenvalue weighted by Gasteiger charge is -2.39. The maximum atomic E-state index is 13.3. The van der Waals surface area contributed by atoms with Crippen molar-refractivity contribution >= 4 is 34.8 Å². The minimum atomic E-state index is 0.0450. The first-order valence-electron chi connectivity index (χ1n) is 12.2. The SMILES string of the molecule is CCc1ccc(C(=O)N2CCN(C(=O)CN3CCc4sccc4[C@H]3c3ccc(Cl)cc3)CC2)cc1. The maximum Gasteiger partial charge on any atom is 0.253 e. The van der Waals surface area contributed by atoms with Gasteiger partial charge in [-0.05, 0) is 65.2 Å². The lowest BCUT2D eigenvalue weighted by atomic mass is 9.93. The molecule has 5 nitrogen and oxygen atoms in total. The topological polar surface area (TPSA) is 43.9 Å². The summed E-state index contributed by atoms with van der Waals surface area (Å²) in [7, 11) is 0. The van der Waals surface area contributed by atoms with Crippen LogP contribution in [-0.4, -0.2) is 65.8 Å². The number of hydrogen-bond donors (Lipinski definition) is 0. The first-order chi connectivity index (χ1) is 17.0. The molecule has 1 aromatic heterocycles. The Labute approximate surface area is 215 Å². The Hall–Kier alpha value is -2.67. The fourth-order valence-corrected chi connectivity index (χ4v) is 6.10. The van der Waals surface area contributed by atoms with Gasteiger partial charge < -0.3 is 9.80 Å². The molecular weight excluding hydrogens is 478 g/mol. The summed E-state index contributed by atoms with van der Waals surface area (Å²) in [5, 5.41) is 2.86. The van der Waals surface area contributed by atoms with E-state index in [1.807, 2.05) is 46.2 Å². The number of amides is 2. The number of carbonyl (C=O) groups excluding carboxylic acids is 2. The summed E-state index contributed by atoms with van der Waals surface area (Å²) in [5.41, 5.74) is 4.39. The molecule has 7 heteroatoms. The van der Waals surface area contributed by atoms with Crippen LogP contribution >= 0.6 is 22.9 Å². The Morgan fingerprint density at radius 2 is 1.60 bits per heavy atom. The fourth-order valence-electron chi connectivity index (χ4n) is 5.07. The van der Waals surface area contributed by atoms with Gasteiger partial charge in [0.05, 0.1) is 12.6 Å². The van der Waals surface area contributed by atoms with Gasteiger partial charge in [0.1, 0.15) is 0 Å². The number of hydrogen-bond acceptors (Lipinski definition) is 4. The van der Waals surface area contributed by atoms with Gasteiger partial charge in [-0.1, -0.05) is 42.8 Å². The number of halogens is 1. The van der Waals surface area contributed by atoms with E-state index >= 15 is 0 Å². The van der Waals surface area contributed by atoms with E-state index in [1.165, 1.54) is 16.0 Å². The zero-order valence-electron chi connectivity index (χ0n) is 20.0. The minimum absolute atomic E-state index is 0.0450. The molecule has 35 heavy (non-hydrogen) atoms. The average molecular weight is 508 g/mol. The third-order valence-corrected chi connectivity index (χ3v) is 8.37. The first-order valence-corrected chi connectivity index (χ1v) is 13.5. The van der Waals surface area contributed by atoms with Crippen molar-refractivity contribution in [2.75, 3.05) is 39.3 Å². The van der Waals surface area contributed by atoms with Crippen LogP contribution in [0.15, 0.2) is 60.0 Å². The van der Waals surface area contributed by atoms with Crippen LogP contribution in [0.5, 0.6) is 0 Å². The third-order valence-electron chi connectivity index (χ3n) is 7.12. The zero-order chi connectivity index (χ0) is 24.4. The highest BCUT2D eigenvalue weighted by Gasteiger charge is 2.33. The van der Waals surface area contributed by atoms with E-state index in [2.05, 4.69) is 35.4 Å². The van der Waals surface area contributed by atoms with Crippen LogP contribution in [0.2, 0.25) is 5.02 Å². The highest BCUT2D eigenvalue weighted by Crippen LogP contribution is 2.38. The van der Waals surface area contributed by atoms with Gasteiger partial charge in [0, 0.05) is 48.2 Å². The maximum absolute atomic E-state index is 13.3. The van der Waals surface area contributed by atoms with E-state index in [0.717, 1.165) is 24.9 Å². The Bertz CT molecular complexity index is 1180. The highest BCUT2D eigenvalue weighted by molar-refractivity contribution is 7.10. The number of aryl methyl sites for hydroxylation is 1. The molecule has 2 aromatic carbocycles. The average Bonchev–Trinajstić information content (AvgIpc) is 3.38. The molecule has 2 aliphatic rings. The van der Waals surface area contributed by atoms with Gasteiger partial charge in [0.25, 0.3) is 5.91 Å². The van der Waals surface area contributed by atoms with E-state index < -0.39 is 0 Å². The van der Waals surface area contributed by atoms with Crippen LogP contribution in [0, 0.1) is 0 Å². The normalized spacial score (nSPS) is 18.4. The van der Waals surface area contributed by atoms with Gasteiger partial charge in [0.15, 0.2) is 0 Å². The molecule has 3 aromatic rings. The molecule has 5 rings (SSSR count). The smallest absolute Gasteiger partial charge is 0.253 e.